The first-order chi connectivity index (χ1) is 10.3. The van der Waals surface area contributed by atoms with Crippen molar-refractivity contribution in [2.24, 2.45) is 0 Å². The number of aromatic nitrogens is 3. The molecule has 21 heavy (non-hydrogen) atoms. The second-order valence-corrected chi connectivity index (χ2v) is 5.74. The van der Waals surface area contributed by atoms with Gasteiger partial charge in [0.2, 0.25) is 0 Å². The highest BCUT2D eigenvalue weighted by molar-refractivity contribution is 5.71. The van der Waals surface area contributed by atoms with Crippen LogP contribution in [-0.2, 0) is 0 Å². The number of fused-ring (bicyclic) bond motifs is 1. The number of hydrogen-bond donors (Lipinski definition) is 1. The highest BCUT2D eigenvalue weighted by atomic mass is 15.2. The Labute approximate surface area is 125 Å². The Morgan fingerprint density at radius 3 is 2.67 bits per heavy atom. The summed E-state index contributed by atoms with van der Waals surface area (Å²) in [6.07, 6.45) is 8.32. The maximum Gasteiger partial charge on any atom is 0.180 e. The Bertz CT molecular complexity index is 592. The maximum atomic E-state index is 4.64. The van der Waals surface area contributed by atoms with Gasteiger partial charge in [-0.25, -0.2) is 9.97 Å². The molecule has 5 nitrogen and oxygen atoms in total. The molecular weight excluding hydrogens is 262 g/mol. The van der Waals surface area contributed by atoms with E-state index in [0.29, 0.717) is 12.1 Å². The van der Waals surface area contributed by atoms with Gasteiger partial charge in [-0.1, -0.05) is 6.92 Å². The molecule has 5 heteroatoms. The Morgan fingerprint density at radius 2 is 1.90 bits per heavy atom. The first kappa shape index (κ1) is 14.2. The molecule has 0 bridgehead atoms. The minimum Gasteiger partial charge on any atom is -0.357 e. The van der Waals surface area contributed by atoms with Crippen LogP contribution >= 0.6 is 0 Å². The lowest BCUT2D eigenvalue weighted by Crippen LogP contribution is -2.41. The summed E-state index contributed by atoms with van der Waals surface area (Å²) in [7, 11) is 2.14. The Balaban J connectivity index is 1.70. The van der Waals surface area contributed by atoms with Crippen LogP contribution in [0.3, 0.4) is 0 Å². The van der Waals surface area contributed by atoms with Crippen LogP contribution in [0.4, 0.5) is 5.82 Å². The lowest BCUT2D eigenvalue weighted by Gasteiger charge is -2.35. The molecule has 0 saturated heterocycles. The predicted molar refractivity (Wildman–Crippen MR) is 85.5 cm³/mol. The molecule has 0 unspecified atom stereocenters. The van der Waals surface area contributed by atoms with E-state index in [4.69, 9.17) is 0 Å². The molecule has 1 aliphatic rings. The van der Waals surface area contributed by atoms with Gasteiger partial charge in [-0.2, -0.15) is 0 Å². The van der Waals surface area contributed by atoms with Crippen LogP contribution in [0.2, 0.25) is 0 Å². The van der Waals surface area contributed by atoms with Crippen molar-refractivity contribution < 1.29 is 0 Å². The zero-order chi connectivity index (χ0) is 14.7. The molecule has 0 aliphatic heterocycles. The molecule has 1 aliphatic carbocycles. The molecule has 0 atom stereocenters. The van der Waals surface area contributed by atoms with Crippen LogP contribution in [-0.4, -0.2) is 40.6 Å². The molecule has 2 heterocycles. The van der Waals surface area contributed by atoms with Crippen LogP contribution in [0.5, 0.6) is 0 Å². The third-order valence-electron chi connectivity index (χ3n) is 4.42. The minimum atomic E-state index is 0.571. The fraction of sp³-hybridized carbons (Fsp3) is 0.562. The van der Waals surface area contributed by atoms with Gasteiger partial charge in [0.15, 0.2) is 5.65 Å². The highest BCUT2D eigenvalue weighted by Crippen LogP contribution is 2.26. The van der Waals surface area contributed by atoms with Crippen molar-refractivity contribution in [1.82, 2.24) is 20.3 Å². The monoisotopic (exact) mass is 285 g/mol. The second kappa shape index (κ2) is 6.35. The molecule has 3 rings (SSSR count). The number of anilines is 1. The first-order valence-electron chi connectivity index (χ1n) is 7.82. The highest BCUT2D eigenvalue weighted by Gasteiger charge is 2.24. The summed E-state index contributed by atoms with van der Waals surface area (Å²) in [5.41, 5.74) is 1.58. The minimum absolute atomic E-state index is 0.571. The Kier molecular flexibility index (Phi) is 4.29. The summed E-state index contributed by atoms with van der Waals surface area (Å²) in [5.74, 6) is 0.995. The topological polar surface area (TPSA) is 53.9 Å². The molecular formula is C16H23N5. The van der Waals surface area contributed by atoms with Crippen molar-refractivity contribution in [1.29, 1.82) is 0 Å². The Morgan fingerprint density at radius 1 is 1.14 bits per heavy atom. The molecule has 0 spiro atoms. The molecule has 0 aromatic carbocycles. The molecule has 0 radical (unpaired) electrons. The summed E-state index contributed by atoms with van der Waals surface area (Å²) < 4.78 is 0. The van der Waals surface area contributed by atoms with Gasteiger partial charge in [-0.05, 0) is 44.4 Å². The van der Waals surface area contributed by atoms with Crippen LogP contribution in [0.1, 0.15) is 32.6 Å². The summed E-state index contributed by atoms with van der Waals surface area (Å²) in [4.78, 5) is 15.5. The van der Waals surface area contributed by atoms with Gasteiger partial charge in [0.1, 0.15) is 11.3 Å². The van der Waals surface area contributed by atoms with Crippen LogP contribution in [0, 0.1) is 0 Å². The molecule has 1 N–H and O–H groups in total. The lowest BCUT2D eigenvalue weighted by atomic mass is 9.90. The molecule has 2 aromatic rings. The average molecular weight is 285 g/mol. The van der Waals surface area contributed by atoms with Gasteiger partial charge in [-0.15, -0.1) is 0 Å². The van der Waals surface area contributed by atoms with E-state index < -0.39 is 0 Å². The van der Waals surface area contributed by atoms with Crippen molar-refractivity contribution in [3.05, 3.63) is 24.5 Å². The van der Waals surface area contributed by atoms with E-state index in [-0.39, 0.29) is 0 Å². The SMILES string of the molecule is CCNC1CCC(N(C)c2ccc3nccnc3n2)CC1. The van der Waals surface area contributed by atoms with E-state index >= 15 is 0 Å². The number of nitrogens with one attached hydrogen (secondary N) is 1. The lowest BCUT2D eigenvalue weighted by molar-refractivity contribution is 0.340. The standard InChI is InChI=1S/C16H23N5/c1-3-17-12-4-6-13(7-5-12)21(2)15-9-8-14-16(20-15)19-11-10-18-14/h8-13,17H,3-7H2,1-2H3. The smallest absolute Gasteiger partial charge is 0.180 e. The molecule has 1 saturated carbocycles. The zero-order valence-corrected chi connectivity index (χ0v) is 12.8. The summed E-state index contributed by atoms with van der Waals surface area (Å²) >= 11 is 0. The van der Waals surface area contributed by atoms with E-state index in [0.717, 1.165) is 23.5 Å². The van der Waals surface area contributed by atoms with Crippen molar-refractivity contribution in [2.75, 3.05) is 18.5 Å². The van der Waals surface area contributed by atoms with E-state index in [1.54, 1.807) is 12.4 Å². The van der Waals surface area contributed by atoms with E-state index in [1.165, 1.54) is 25.7 Å². The van der Waals surface area contributed by atoms with Crippen LogP contribution in [0.15, 0.2) is 24.5 Å². The third kappa shape index (κ3) is 3.13. The Hall–Kier alpha value is -1.75. The van der Waals surface area contributed by atoms with Gasteiger partial charge in [0, 0.05) is 31.5 Å². The van der Waals surface area contributed by atoms with E-state index in [9.17, 15) is 0 Å². The largest absolute Gasteiger partial charge is 0.357 e. The van der Waals surface area contributed by atoms with E-state index in [2.05, 4.69) is 39.1 Å². The van der Waals surface area contributed by atoms with Gasteiger partial charge < -0.3 is 10.2 Å². The number of pyridine rings is 1. The zero-order valence-electron chi connectivity index (χ0n) is 12.8. The third-order valence-corrected chi connectivity index (χ3v) is 4.42. The average Bonchev–Trinajstić information content (AvgIpc) is 2.55. The van der Waals surface area contributed by atoms with Crippen molar-refractivity contribution in [2.45, 2.75) is 44.7 Å². The predicted octanol–water partition coefficient (Wildman–Crippen LogP) is 2.38. The summed E-state index contributed by atoms with van der Waals surface area (Å²) in [6.45, 7) is 3.24. The first-order valence-corrected chi connectivity index (χ1v) is 7.82. The quantitative estimate of drug-likeness (QED) is 0.934. The number of hydrogen-bond acceptors (Lipinski definition) is 5. The van der Waals surface area contributed by atoms with Crippen molar-refractivity contribution >= 4 is 17.0 Å². The normalized spacial score (nSPS) is 22.4. The summed E-state index contributed by atoms with van der Waals surface area (Å²) in [5, 5.41) is 3.56. The van der Waals surface area contributed by atoms with Crippen LogP contribution in [0.25, 0.3) is 11.2 Å². The van der Waals surface area contributed by atoms with Gasteiger partial charge in [0.25, 0.3) is 0 Å². The number of nitrogens with zero attached hydrogens (tertiary/aromatic N) is 4. The van der Waals surface area contributed by atoms with Crippen LogP contribution < -0.4 is 10.2 Å². The maximum absolute atomic E-state index is 4.64. The van der Waals surface area contributed by atoms with E-state index in [1.807, 2.05) is 12.1 Å². The fourth-order valence-electron chi connectivity index (χ4n) is 3.18. The molecule has 1 fully saturated rings. The number of rotatable bonds is 4. The second-order valence-electron chi connectivity index (χ2n) is 5.74. The van der Waals surface area contributed by atoms with Gasteiger partial charge in [-0.3, -0.25) is 4.98 Å². The van der Waals surface area contributed by atoms with Gasteiger partial charge >= 0.3 is 0 Å². The summed E-state index contributed by atoms with van der Waals surface area (Å²) in [6, 6.07) is 5.32. The van der Waals surface area contributed by atoms with Gasteiger partial charge in [0.05, 0.1) is 0 Å². The fourth-order valence-corrected chi connectivity index (χ4v) is 3.18. The molecule has 0 amide bonds. The molecule has 2 aromatic heterocycles. The van der Waals surface area contributed by atoms with Crippen molar-refractivity contribution in [3.8, 4) is 0 Å². The van der Waals surface area contributed by atoms with Crippen molar-refractivity contribution in [3.63, 3.8) is 0 Å². The molecule has 112 valence electrons.